The van der Waals surface area contributed by atoms with Crippen molar-refractivity contribution < 1.29 is 23.9 Å². The molecule has 10 heteroatoms. The molecule has 184 valence electrons. The first-order valence-electron chi connectivity index (χ1n) is 10.6. The largest absolute Gasteiger partial charge is 0.493 e. The van der Waals surface area contributed by atoms with E-state index in [-0.39, 0.29) is 23.0 Å². The molecule has 0 aliphatic carbocycles. The number of aryl methyl sites for hydroxylation is 1. The van der Waals surface area contributed by atoms with E-state index < -0.39 is 17.8 Å². The average molecular weight is 590 g/mol. The van der Waals surface area contributed by atoms with Crippen molar-refractivity contribution in [2.75, 3.05) is 12.0 Å². The fourth-order valence-corrected chi connectivity index (χ4v) is 4.58. The van der Waals surface area contributed by atoms with Gasteiger partial charge in [-0.15, -0.1) is 0 Å². The van der Waals surface area contributed by atoms with Gasteiger partial charge in [0.2, 0.25) is 0 Å². The summed E-state index contributed by atoms with van der Waals surface area (Å²) in [7, 11) is 1.44. The van der Waals surface area contributed by atoms with E-state index in [2.05, 4.69) is 21.2 Å². The highest BCUT2D eigenvalue weighted by Crippen LogP contribution is 2.38. The molecule has 3 aromatic rings. The molecule has 0 spiro atoms. The smallest absolute Gasteiger partial charge is 0.335 e. The maximum Gasteiger partial charge on any atom is 0.335 e. The summed E-state index contributed by atoms with van der Waals surface area (Å²) in [5.74, 6) is -1.00. The van der Waals surface area contributed by atoms with Crippen LogP contribution in [0, 0.1) is 6.92 Å². The molecule has 1 fully saturated rings. The molecule has 1 aliphatic rings. The number of hydrogen-bond donors (Lipinski definition) is 1. The second kappa shape index (κ2) is 10.7. The van der Waals surface area contributed by atoms with Crippen LogP contribution >= 0.6 is 39.1 Å². The highest BCUT2D eigenvalue weighted by atomic mass is 79.9. The lowest BCUT2D eigenvalue weighted by Gasteiger charge is -2.27. The van der Waals surface area contributed by atoms with E-state index in [1.807, 2.05) is 18.2 Å². The molecule has 3 aromatic carbocycles. The zero-order valence-corrected chi connectivity index (χ0v) is 22.2. The highest BCUT2D eigenvalue weighted by Gasteiger charge is 2.37. The number of rotatable bonds is 6. The Kier molecular flexibility index (Phi) is 7.68. The Morgan fingerprint density at radius 1 is 1.03 bits per heavy atom. The zero-order valence-electron chi connectivity index (χ0n) is 19.1. The van der Waals surface area contributed by atoms with Crippen LogP contribution in [0.1, 0.15) is 16.7 Å². The number of hydrogen-bond acceptors (Lipinski definition) is 5. The molecular weight excluding hydrogens is 571 g/mol. The lowest BCUT2D eigenvalue weighted by Crippen LogP contribution is -2.54. The van der Waals surface area contributed by atoms with E-state index in [9.17, 15) is 14.4 Å². The number of nitrogens with zero attached hydrogens (tertiary/aromatic N) is 1. The molecule has 1 saturated heterocycles. The van der Waals surface area contributed by atoms with Crippen molar-refractivity contribution in [1.29, 1.82) is 0 Å². The second-order valence-corrected chi connectivity index (χ2v) is 9.53. The number of urea groups is 1. The van der Waals surface area contributed by atoms with Gasteiger partial charge in [-0.05, 0) is 60.5 Å². The summed E-state index contributed by atoms with van der Waals surface area (Å²) >= 11 is 16.0. The summed E-state index contributed by atoms with van der Waals surface area (Å²) in [5.41, 5.74) is 1.97. The van der Waals surface area contributed by atoms with Gasteiger partial charge < -0.3 is 9.47 Å². The van der Waals surface area contributed by atoms with Gasteiger partial charge in [-0.3, -0.25) is 14.9 Å². The molecule has 36 heavy (non-hydrogen) atoms. The lowest BCUT2D eigenvalue weighted by atomic mass is 10.1. The summed E-state index contributed by atoms with van der Waals surface area (Å²) < 4.78 is 12.1. The summed E-state index contributed by atoms with van der Waals surface area (Å²) in [6.07, 6.45) is 1.34. The third-order valence-corrected chi connectivity index (χ3v) is 6.54. The first-order valence-corrected chi connectivity index (χ1v) is 12.2. The standard InChI is InChI=1S/C26H19BrCl2N2O5/c1-14-9-17(27)7-8-21(14)31-25(33)18(24(32)30-26(31)34)10-15-11-20(29)23(22(12-15)35-2)36-13-16-5-3-4-6-19(16)28/h3-12H,13H2,1-2H3,(H,30,32,34)/b18-10-. The first-order chi connectivity index (χ1) is 17.2. The van der Waals surface area contributed by atoms with Gasteiger partial charge in [0.05, 0.1) is 17.8 Å². The van der Waals surface area contributed by atoms with E-state index in [1.54, 1.807) is 37.3 Å². The van der Waals surface area contributed by atoms with Crippen LogP contribution < -0.4 is 19.7 Å². The number of anilines is 1. The Labute approximate surface area is 225 Å². The molecule has 4 rings (SSSR count). The van der Waals surface area contributed by atoms with E-state index in [1.165, 1.54) is 19.3 Å². The molecule has 0 atom stereocenters. The predicted molar refractivity (Wildman–Crippen MR) is 142 cm³/mol. The fraction of sp³-hybridized carbons (Fsp3) is 0.115. The number of carbonyl (C=O) groups is 3. The number of carbonyl (C=O) groups excluding carboxylic acids is 3. The van der Waals surface area contributed by atoms with Crippen LogP contribution in [-0.4, -0.2) is 25.0 Å². The maximum atomic E-state index is 13.2. The lowest BCUT2D eigenvalue weighted by molar-refractivity contribution is -0.122. The molecule has 0 bridgehead atoms. The average Bonchev–Trinajstić information content (AvgIpc) is 2.83. The number of amides is 4. The van der Waals surface area contributed by atoms with Crippen molar-refractivity contribution in [3.05, 3.63) is 91.4 Å². The van der Waals surface area contributed by atoms with Crippen molar-refractivity contribution in [2.24, 2.45) is 0 Å². The van der Waals surface area contributed by atoms with Gasteiger partial charge in [0.15, 0.2) is 11.5 Å². The van der Waals surface area contributed by atoms with Crippen LogP contribution in [0.15, 0.2) is 64.6 Å². The van der Waals surface area contributed by atoms with Crippen LogP contribution in [-0.2, 0) is 16.2 Å². The van der Waals surface area contributed by atoms with Gasteiger partial charge in [-0.25, -0.2) is 9.69 Å². The third kappa shape index (κ3) is 5.26. The second-order valence-electron chi connectivity index (χ2n) is 7.80. The molecule has 0 aromatic heterocycles. The van der Waals surface area contributed by atoms with E-state index in [0.717, 1.165) is 14.9 Å². The minimum atomic E-state index is -0.827. The number of imide groups is 2. The number of benzene rings is 3. The normalized spacial score (nSPS) is 14.8. The molecule has 1 N–H and O–H groups in total. The minimum Gasteiger partial charge on any atom is -0.493 e. The monoisotopic (exact) mass is 588 g/mol. The van der Waals surface area contributed by atoms with Gasteiger partial charge >= 0.3 is 6.03 Å². The van der Waals surface area contributed by atoms with E-state index in [4.69, 9.17) is 32.7 Å². The van der Waals surface area contributed by atoms with Gasteiger partial charge in [-0.1, -0.05) is 57.3 Å². The molecule has 7 nitrogen and oxygen atoms in total. The van der Waals surface area contributed by atoms with Gasteiger partial charge in [0.25, 0.3) is 11.8 Å². The molecule has 1 aliphatic heterocycles. The van der Waals surface area contributed by atoms with Crippen molar-refractivity contribution in [1.82, 2.24) is 5.32 Å². The topological polar surface area (TPSA) is 84.9 Å². The number of methoxy groups -OCH3 is 1. The molecular formula is C26H19BrCl2N2O5. The Morgan fingerprint density at radius 3 is 2.47 bits per heavy atom. The SMILES string of the molecule is COc1cc(/C=C2/C(=O)NC(=O)N(c3ccc(Br)cc3C)C2=O)cc(Cl)c1OCc1ccccc1Cl. The Morgan fingerprint density at radius 2 is 1.78 bits per heavy atom. The number of ether oxygens (including phenoxy) is 2. The Balaban J connectivity index is 1.66. The molecule has 0 saturated carbocycles. The van der Waals surface area contributed by atoms with Crippen molar-refractivity contribution >= 4 is 68.7 Å². The molecule has 1 heterocycles. The van der Waals surface area contributed by atoms with Gasteiger partial charge in [0.1, 0.15) is 12.2 Å². The van der Waals surface area contributed by atoms with Crippen molar-refractivity contribution in [3.8, 4) is 11.5 Å². The summed E-state index contributed by atoms with van der Waals surface area (Å²) in [4.78, 5) is 39.3. The Bertz CT molecular complexity index is 1420. The third-order valence-electron chi connectivity index (χ3n) is 5.39. The quantitative estimate of drug-likeness (QED) is 0.269. The summed E-state index contributed by atoms with van der Waals surface area (Å²) in [6, 6.07) is 14.6. The number of nitrogens with one attached hydrogen (secondary N) is 1. The maximum absolute atomic E-state index is 13.2. The van der Waals surface area contributed by atoms with Crippen molar-refractivity contribution in [2.45, 2.75) is 13.5 Å². The zero-order chi connectivity index (χ0) is 26.0. The predicted octanol–water partition coefficient (Wildman–Crippen LogP) is 6.32. The molecule has 0 radical (unpaired) electrons. The number of barbiturate groups is 1. The molecule has 0 unspecified atom stereocenters. The van der Waals surface area contributed by atoms with Crippen molar-refractivity contribution in [3.63, 3.8) is 0 Å². The van der Waals surface area contributed by atoms with Gasteiger partial charge in [-0.2, -0.15) is 0 Å². The number of halogens is 3. The Hall–Kier alpha value is -3.33. The fourth-order valence-electron chi connectivity index (χ4n) is 3.64. The first kappa shape index (κ1) is 25.8. The van der Waals surface area contributed by atoms with E-state index in [0.29, 0.717) is 27.6 Å². The van der Waals surface area contributed by atoms with Crippen LogP contribution in [0.3, 0.4) is 0 Å². The highest BCUT2D eigenvalue weighted by molar-refractivity contribution is 9.10. The van der Waals surface area contributed by atoms with Crippen LogP contribution in [0.25, 0.3) is 6.08 Å². The summed E-state index contributed by atoms with van der Waals surface area (Å²) in [6.45, 7) is 1.91. The molecule has 4 amide bonds. The van der Waals surface area contributed by atoms with Crippen LogP contribution in [0.5, 0.6) is 11.5 Å². The van der Waals surface area contributed by atoms with Crippen LogP contribution in [0.4, 0.5) is 10.5 Å². The van der Waals surface area contributed by atoms with Gasteiger partial charge in [0, 0.05) is 15.1 Å². The summed E-state index contributed by atoms with van der Waals surface area (Å²) in [5, 5.41) is 2.97. The van der Waals surface area contributed by atoms with Crippen LogP contribution in [0.2, 0.25) is 10.0 Å². The van der Waals surface area contributed by atoms with E-state index >= 15 is 0 Å². The minimum absolute atomic E-state index is 0.153.